The van der Waals surface area contributed by atoms with Gasteiger partial charge in [0.2, 0.25) is 0 Å². The van der Waals surface area contributed by atoms with Crippen molar-refractivity contribution in [2.45, 2.75) is 52.5 Å². The topological polar surface area (TPSA) is 73.7 Å². The van der Waals surface area contributed by atoms with Gasteiger partial charge in [-0.1, -0.05) is 36.3 Å². The first kappa shape index (κ1) is 24.3. The minimum atomic E-state index is 0.722. The van der Waals surface area contributed by atoms with E-state index in [0.717, 1.165) is 68.9 Å². The molecule has 8 heteroatoms. The first-order valence-electron chi connectivity index (χ1n) is 12.8. The highest BCUT2D eigenvalue weighted by atomic mass is 32.2. The molecule has 0 spiro atoms. The monoisotopic (exact) mass is 522 g/mol. The Morgan fingerprint density at radius 1 is 0.974 bits per heavy atom. The Hall–Kier alpha value is -4.04. The highest BCUT2D eigenvalue weighted by molar-refractivity contribution is 8.00. The van der Waals surface area contributed by atoms with Crippen LogP contribution in [0.5, 0.6) is 0 Å². The Balaban J connectivity index is 1.38. The van der Waals surface area contributed by atoms with Crippen LogP contribution < -0.4 is 4.72 Å². The number of rotatable bonds is 7. The van der Waals surface area contributed by atoms with Crippen molar-refractivity contribution in [3.05, 3.63) is 94.8 Å². The van der Waals surface area contributed by atoms with E-state index in [2.05, 4.69) is 93.7 Å². The lowest BCUT2D eigenvalue weighted by Crippen LogP contribution is -2.06. The van der Waals surface area contributed by atoms with Crippen molar-refractivity contribution in [3.63, 3.8) is 0 Å². The SMILES string of the molecule is CCc1nc2c(C)cc(C)nc2n1Cc1cccc2c1ccn2-c1ccccc1SNc1noc(C)c1C. The Labute approximate surface area is 226 Å². The summed E-state index contributed by atoms with van der Waals surface area (Å²) in [5, 5.41) is 5.36. The summed E-state index contributed by atoms with van der Waals surface area (Å²) in [6.45, 7) is 11.0. The lowest BCUT2D eigenvalue weighted by Gasteiger charge is -2.13. The summed E-state index contributed by atoms with van der Waals surface area (Å²) in [7, 11) is 0. The van der Waals surface area contributed by atoms with E-state index in [1.54, 1.807) is 0 Å². The van der Waals surface area contributed by atoms with Gasteiger partial charge in [-0.25, -0.2) is 9.97 Å². The van der Waals surface area contributed by atoms with Gasteiger partial charge >= 0.3 is 0 Å². The Morgan fingerprint density at radius 3 is 2.61 bits per heavy atom. The molecule has 192 valence electrons. The number of benzene rings is 2. The molecule has 7 nitrogen and oxygen atoms in total. The van der Waals surface area contributed by atoms with Gasteiger partial charge in [0.25, 0.3) is 0 Å². The molecular weight excluding hydrogens is 492 g/mol. The molecule has 0 saturated heterocycles. The van der Waals surface area contributed by atoms with Crippen LogP contribution in [-0.4, -0.2) is 24.3 Å². The predicted molar refractivity (Wildman–Crippen MR) is 154 cm³/mol. The number of nitrogens with one attached hydrogen (secondary N) is 1. The summed E-state index contributed by atoms with van der Waals surface area (Å²) in [6.07, 6.45) is 3.01. The Morgan fingerprint density at radius 2 is 1.82 bits per heavy atom. The maximum atomic E-state index is 5.31. The van der Waals surface area contributed by atoms with E-state index in [0.29, 0.717) is 0 Å². The lowest BCUT2D eigenvalue weighted by atomic mass is 10.1. The molecular formula is C30H30N6OS. The predicted octanol–water partition coefficient (Wildman–Crippen LogP) is 7.33. The van der Waals surface area contributed by atoms with Crippen molar-refractivity contribution in [2.24, 2.45) is 0 Å². The number of anilines is 1. The number of aromatic nitrogens is 5. The summed E-state index contributed by atoms with van der Waals surface area (Å²) in [4.78, 5) is 10.9. The van der Waals surface area contributed by atoms with Gasteiger partial charge in [0.15, 0.2) is 11.5 Å². The zero-order valence-electron chi connectivity index (χ0n) is 22.2. The van der Waals surface area contributed by atoms with E-state index >= 15 is 0 Å². The number of hydrogen-bond donors (Lipinski definition) is 1. The zero-order valence-corrected chi connectivity index (χ0v) is 23.1. The standard InChI is InChI=1S/C30H30N6OS/c1-6-27-32-28-18(2)16-19(3)31-30(28)36(27)17-22-10-9-12-24-23(22)14-15-35(24)25-11-7-8-13-26(25)38-34-29-20(4)21(5)37-33-29/h7-16H,6,17H2,1-5H3,(H,33,34). The highest BCUT2D eigenvalue weighted by Gasteiger charge is 2.17. The van der Waals surface area contributed by atoms with Gasteiger partial charge in [-0.15, -0.1) is 0 Å². The van der Waals surface area contributed by atoms with Gasteiger partial charge in [-0.3, -0.25) is 0 Å². The molecule has 1 N–H and O–H groups in total. The van der Waals surface area contributed by atoms with Crippen LogP contribution in [0.4, 0.5) is 5.82 Å². The normalized spacial score (nSPS) is 11.6. The van der Waals surface area contributed by atoms with Gasteiger partial charge in [0.05, 0.1) is 22.6 Å². The van der Waals surface area contributed by atoms with Crippen LogP contribution in [0.1, 0.15) is 40.9 Å². The fourth-order valence-electron chi connectivity index (χ4n) is 4.99. The van der Waals surface area contributed by atoms with E-state index in [1.165, 1.54) is 28.5 Å². The lowest BCUT2D eigenvalue weighted by molar-refractivity contribution is 0.399. The fraction of sp³-hybridized carbons (Fsp3) is 0.233. The minimum absolute atomic E-state index is 0.722. The molecule has 0 aliphatic heterocycles. The minimum Gasteiger partial charge on any atom is -0.359 e. The molecule has 0 amide bonds. The highest BCUT2D eigenvalue weighted by Crippen LogP contribution is 2.32. The third kappa shape index (κ3) is 4.15. The molecule has 0 aliphatic carbocycles. The molecule has 6 aromatic rings. The van der Waals surface area contributed by atoms with Gasteiger partial charge in [-0.2, -0.15) is 0 Å². The molecule has 6 rings (SSSR count). The van der Waals surface area contributed by atoms with Crippen molar-refractivity contribution in [1.29, 1.82) is 0 Å². The average molecular weight is 523 g/mol. The van der Waals surface area contributed by atoms with Crippen LogP contribution in [-0.2, 0) is 13.0 Å². The summed E-state index contributed by atoms with van der Waals surface area (Å²) in [5.41, 5.74) is 8.66. The Kier molecular flexibility index (Phi) is 6.19. The molecule has 0 fully saturated rings. The first-order valence-corrected chi connectivity index (χ1v) is 13.6. The number of nitrogens with zero attached hydrogens (tertiary/aromatic N) is 5. The van der Waals surface area contributed by atoms with Crippen LogP contribution in [0.15, 0.2) is 70.2 Å². The van der Waals surface area contributed by atoms with E-state index < -0.39 is 0 Å². The average Bonchev–Trinajstić information content (AvgIpc) is 3.59. The second-order valence-corrected chi connectivity index (χ2v) is 10.5. The van der Waals surface area contributed by atoms with Crippen LogP contribution in [0.3, 0.4) is 0 Å². The summed E-state index contributed by atoms with van der Waals surface area (Å²) in [5.74, 6) is 2.63. The number of hydrogen-bond acceptors (Lipinski definition) is 6. The largest absolute Gasteiger partial charge is 0.359 e. The van der Waals surface area contributed by atoms with Crippen LogP contribution in [0.2, 0.25) is 0 Å². The van der Waals surface area contributed by atoms with Crippen LogP contribution in [0, 0.1) is 27.7 Å². The second kappa shape index (κ2) is 9.68. The number of fused-ring (bicyclic) bond motifs is 2. The maximum absolute atomic E-state index is 5.31. The summed E-state index contributed by atoms with van der Waals surface area (Å²) < 4.78 is 13.2. The third-order valence-corrected chi connectivity index (χ3v) is 7.97. The molecule has 0 saturated carbocycles. The van der Waals surface area contributed by atoms with Gasteiger partial charge in [-0.05, 0) is 81.1 Å². The first-order chi connectivity index (χ1) is 18.4. The maximum Gasteiger partial charge on any atom is 0.182 e. The molecule has 4 heterocycles. The van der Waals surface area contributed by atoms with Crippen molar-refractivity contribution in [3.8, 4) is 5.69 Å². The number of para-hydroxylation sites is 1. The second-order valence-electron chi connectivity index (χ2n) is 9.64. The van der Waals surface area contributed by atoms with E-state index in [9.17, 15) is 0 Å². The van der Waals surface area contributed by atoms with Crippen LogP contribution >= 0.6 is 11.9 Å². The van der Waals surface area contributed by atoms with Crippen molar-refractivity contribution >= 4 is 39.8 Å². The summed E-state index contributed by atoms with van der Waals surface area (Å²) in [6, 6.07) is 19.2. The van der Waals surface area contributed by atoms with Gasteiger partial charge in [0, 0.05) is 29.3 Å². The molecule has 0 atom stereocenters. The number of pyridine rings is 1. The van der Waals surface area contributed by atoms with Gasteiger partial charge < -0.3 is 18.4 Å². The van der Waals surface area contributed by atoms with E-state index in [1.807, 2.05) is 20.8 Å². The summed E-state index contributed by atoms with van der Waals surface area (Å²) >= 11 is 1.54. The Bertz CT molecular complexity index is 1790. The fourth-order valence-corrected chi connectivity index (χ4v) is 5.81. The van der Waals surface area contributed by atoms with Crippen molar-refractivity contribution in [1.82, 2.24) is 24.3 Å². The molecule has 0 unspecified atom stereocenters. The van der Waals surface area contributed by atoms with Crippen molar-refractivity contribution < 1.29 is 4.52 Å². The molecule has 0 radical (unpaired) electrons. The number of imidazole rings is 1. The van der Waals surface area contributed by atoms with Crippen LogP contribution in [0.25, 0.3) is 27.8 Å². The molecule has 0 bridgehead atoms. The van der Waals surface area contributed by atoms with E-state index in [-0.39, 0.29) is 0 Å². The van der Waals surface area contributed by atoms with Crippen molar-refractivity contribution in [2.75, 3.05) is 4.72 Å². The van der Waals surface area contributed by atoms with Gasteiger partial charge in [0.1, 0.15) is 17.1 Å². The molecule has 0 aliphatic rings. The molecule has 38 heavy (non-hydrogen) atoms. The molecule has 2 aromatic carbocycles. The number of aryl methyl sites for hydroxylation is 4. The smallest absolute Gasteiger partial charge is 0.182 e. The molecule has 4 aromatic heterocycles. The quantitative estimate of drug-likeness (QED) is 0.221. The third-order valence-electron chi connectivity index (χ3n) is 7.11. The zero-order chi connectivity index (χ0) is 26.4. The van der Waals surface area contributed by atoms with E-state index in [4.69, 9.17) is 14.5 Å².